The molecule has 5 heterocycles. The van der Waals surface area contributed by atoms with Crippen molar-refractivity contribution in [3.8, 4) is 56.3 Å². The van der Waals surface area contributed by atoms with Gasteiger partial charge in [0.1, 0.15) is 11.5 Å². The first-order valence-corrected chi connectivity index (χ1v) is 38.2. The zero-order valence-electron chi connectivity index (χ0n) is 71.5. The molecule has 0 saturated carbocycles. The molecule has 5 aromatic heterocycles. The first-order chi connectivity index (χ1) is 58.3. The fourth-order valence-electron chi connectivity index (χ4n) is 11.2. The molecule has 0 aliphatic heterocycles. The molecule has 663 valence electrons. The predicted octanol–water partition coefficient (Wildman–Crippen LogP) is 24.5. The van der Waals surface area contributed by atoms with E-state index in [1.165, 1.54) is 139 Å². The van der Waals surface area contributed by atoms with Crippen LogP contribution in [0.5, 0.6) is 0 Å². The Hall–Kier alpha value is -12.1. The van der Waals surface area contributed by atoms with Crippen LogP contribution in [0.15, 0.2) is 333 Å². The minimum atomic E-state index is -0.238. The number of carbonyl (C=O) groups excluding carboxylic acids is 5. The quantitative estimate of drug-likeness (QED) is 0.0399. The summed E-state index contributed by atoms with van der Waals surface area (Å²) >= 11 is 0. The largest absolute Gasteiger partial charge is 0.512 e. The standard InChI is InChI=1S/C17H14N.C16H9N2.C16H12NO.C15H9FN.C15H10N.5C5H8O2.5Ir/c1-12-7-13(2)9-16(8-12)17-10-14-5-3-4-6-15(14)11-18-17;1-17-15-8-4-7-13(9-15)16-10-12-5-2-3-6-14(12)11-18-16;18-11-12-4-3-7-14(8-12)16-9-13-5-1-2-6-15(13)10-17-16;16-14-7-6-12-9-15(17-10-13(12)8-14)11-4-2-1-3-5-11;1-2-6-12(7-3-1)15-10-13-8-4-5-9-14(13)11-16-15;5*1-4(6)3-5(2)7;;;;;/h3-8,10-11H,1-2H3;2-6,8-11H;1-6,8-10,18H,11H2;1-4,6-10H;1-6,8-11H;5*3,6H,1-2H3;;;;;/q5*-1;;;;;;;;;;. The van der Waals surface area contributed by atoms with Crippen molar-refractivity contribution in [2.45, 2.75) is 89.7 Å². The van der Waals surface area contributed by atoms with Crippen LogP contribution in [0.2, 0.25) is 0 Å². The molecule has 0 atom stereocenters. The number of ketones is 5. The molecule has 15 aromatic rings. The third-order valence-electron chi connectivity index (χ3n) is 16.2. The summed E-state index contributed by atoms with van der Waals surface area (Å²) in [6.45, 7) is 25.5. The van der Waals surface area contributed by atoms with Crippen LogP contribution in [0.1, 0.15) is 85.9 Å². The van der Waals surface area contributed by atoms with Gasteiger partial charge in [-0.15, -0.1) is 166 Å². The van der Waals surface area contributed by atoms with Gasteiger partial charge in [-0.05, 0) is 158 Å². The normalized spacial score (nSPS) is 10.4. The number of fused-ring (bicyclic) bond motifs is 5. The van der Waals surface area contributed by atoms with E-state index in [1.54, 1.807) is 24.4 Å². The van der Waals surface area contributed by atoms with E-state index in [1.807, 2.05) is 170 Å². The van der Waals surface area contributed by atoms with E-state index in [4.69, 9.17) is 37.2 Å². The number of allylic oxidation sites excluding steroid dienone is 10. The van der Waals surface area contributed by atoms with Gasteiger partial charge in [0.15, 0.2) is 28.9 Å². The molecule has 10 aromatic carbocycles. The first-order valence-electron chi connectivity index (χ1n) is 38.2. The second-order valence-electron chi connectivity index (χ2n) is 27.4. The van der Waals surface area contributed by atoms with Crippen LogP contribution in [-0.4, -0.2) is 84.5 Å². The Balaban J connectivity index is 0.000000721. The number of hydrogen-bond acceptors (Lipinski definition) is 16. The average molecular weight is 2580 g/mol. The maximum absolute atomic E-state index is 13.0. The van der Waals surface area contributed by atoms with Crippen molar-refractivity contribution < 1.29 is 160 Å². The minimum Gasteiger partial charge on any atom is -0.512 e. The number of halogens is 1. The molecule has 23 heteroatoms. The van der Waals surface area contributed by atoms with Gasteiger partial charge in [0.05, 0.1) is 42.0 Å². The van der Waals surface area contributed by atoms with E-state index < -0.39 is 0 Å². The van der Waals surface area contributed by atoms with Crippen LogP contribution in [0, 0.1) is 56.6 Å². The summed E-state index contributed by atoms with van der Waals surface area (Å²) in [6, 6.07) is 94.4. The van der Waals surface area contributed by atoms with Crippen molar-refractivity contribution >= 4 is 88.5 Å². The van der Waals surface area contributed by atoms with E-state index in [2.05, 4.69) is 141 Å². The number of rotatable bonds is 11. The van der Waals surface area contributed by atoms with Crippen molar-refractivity contribution in [3.63, 3.8) is 0 Å². The molecule has 0 saturated heterocycles. The number of aliphatic hydroxyl groups excluding tert-OH is 6. The van der Waals surface area contributed by atoms with Crippen LogP contribution in [-0.2, 0) is 131 Å². The Morgan fingerprint density at radius 3 is 0.921 bits per heavy atom. The molecule has 0 unspecified atom stereocenters. The number of benzene rings is 10. The maximum Gasteiger partial charge on any atom is 0.155 e. The molecule has 127 heavy (non-hydrogen) atoms. The molecular formula is C104H94FIr5N6O11-5. The van der Waals surface area contributed by atoms with E-state index in [0.717, 1.165) is 99.7 Å². The number of aromatic nitrogens is 5. The van der Waals surface area contributed by atoms with Crippen LogP contribution < -0.4 is 0 Å². The summed E-state index contributed by atoms with van der Waals surface area (Å²) in [5.41, 5.74) is 13.2. The Morgan fingerprint density at radius 1 is 0.331 bits per heavy atom. The smallest absolute Gasteiger partial charge is 0.155 e. The van der Waals surface area contributed by atoms with E-state index in [-0.39, 0.29) is 171 Å². The molecule has 0 fully saturated rings. The van der Waals surface area contributed by atoms with Gasteiger partial charge in [-0.2, -0.15) is 6.07 Å². The Labute approximate surface area is 808 Å². The number of carbonyl (C=O) groups is 5. The molecule has 5 radical (unpaired) electrons. The van der Waals surface area contributed by atoms with Crippen molar-refractivity contribution in [2.24, 2.45) is 0 Å². The Kier molecular flexibility index (Phi) is 53.8. The molecule has 0 aliphatic rings. The molecule has 6 N–H and O–H groups in total. The predicted molar refractivity (Wildman–Crippen MR) is 487 cm³/mol. The Bertz CT molecular complexity index is 6080. The maximum atomic E-state index is 13.0. The van der Waals surface area contributed by atoms with Crippen molar-refractivity contribution in [1.29, 1.82) is 0 Å². The van der Waals surface area contributed by atoms with Gasteiger partial charge in [0, 0.05) is 167 Å². The fraction of sp³-hybridized carbons (Fsp3) is 0.125. The summed E-state index contributed by atoms with van der Waals surface area (Å²) in [5.74, 6) is -0.550. The van der Waals surface area contributed by atoms with Crippen LogP contribution in [0.4, 0.5) is 10.1 Å². The van der Waals surface area contributed by atoms with Crippen LogP contribution in [0.25, 0.3) is 115 Å². The molecule has 17 nitrogen and oxygen atoms in total. The molecule has 0 bridgehead atoms. The van der Waals surface area contributed by atoms with E-state index >= 15 is 0 Å². The van der Waals surface area contributed by atoms with Crippen molar-refractivity contribution in [1.82, 2.24) is 24.9 Å². The zero-order valence-corrected chi connectivity index (χ0v) is 83.5. The number of pyridine rings is 5. The summed E-state index contributed by atoms with van der Waals surface area (Å²) in [7, 11) is 0. The fourth-order valence-corrected chi connectivity index (χ4v) is 11.2. The Morgan fingerprint density at radius 2 is 0.622 bits per heavy atom. The molecule has 0 amide bonds. The monoisotopic (exact) mass is 2590 g/mol. The van der Waals surface area contributed by atoms with Crippen molar-refractivity contribution in [2.75, 3.05) is 0 Å². The first kappa shape index (κ1) is 113. The van der Waals surface area contributed by atoms with Crippen LogP contribution >= 0.6 is 0 Å². The summed E-state index contributed by atoms with van der Waals surface area (Å²) in [6.07, 6.45) is 15.1. The number of aryl methyl sites for hydroxylation is 2. The molecule has 15 rings (SSSR count). The summed E-state index contributed by atoms with van der Waals surface area (Å²) in [4.78, 5) is 75.7. The van der Waals surface area contributed by atoms with E-state index in [9.17, 15) is 28.4 Å². The van der Waals surface area contributed by atoms with Gasteiger partial charge < -0.3 is 55.6 Å². The topological polar surface area (TPSA) is 276 Å². The third-order valence-corrected chi connectivity index (χ3v) is 16.2. The van der Waals surface area contributed by atoms with Crippen molar-refractivity contribution in [3.05, 3.63) is 397 Å². The number of hydrogen-bond donors (Lipinski definition) is 6. The van der Waals surface area contributed by atoms with Gasteiger partial charge in [0.2, 0.25) is 0 Å². The van der Waals surface area contributed by atoms with Gasteiger partial charge >= 0.3 is 0 Å². The molecular weight excluding hydrogens is 2490 g/mol. The SMILES string of the molecule is CC(=O)C=C(C)O.CC(=O)C=C(C)O.CC(=O)C=C(C)O.CC(=O)C=C(C)O.CC(=O)C=C(C)O.Cc1[c-]c(-c2cc3ccccc3cn2)cc(C)c1.Fc1ccc2cc(-c3[c-]cccc3)ncc2c1.OCc1cc[c-]c(-c2cc3ccccc3cn2)c1.[C-]#[N+]c1cc[c-]c(-c2cc3ccccc3cn2)c1.[Ir].[Ir].[Ir].[Ir].[Ir].[c-]1ccccc1-c1cc2ccccc2cn1. The summed E-state index contributed by atoms with van der Waals surface area (Å²) < 4.78 is 13.0. The summed E-state index contributed by atoms with van der Waals surface area (Å²) in [5, 5.41) is 62.1. The third kappa shape index (κ3) is 43.1. The minimum absolute atomic E-state index is 0. The number of nitrogens with zero attached hydrogens (tertiary/aromatic N) is 6. The molecule has 0 aliphatic carbocycles. The second kappa shape index (κ2) is 60.5. The van der Waals surface area contributed by atoms with Gasteiger partial charge in [0.25, 0.3) is 0 Å². The second-order valence-corrected chi connectivity index (χ2v) is 27.4. The van der Waals surface area contributed by atoms with Crippen LogP contribution in [0.3, 0.4) is 0 Å². The zero-order chi connectivity index (χ0) is 89.0. The number of aliphatic hydroxyl groups is 6. The average Bonchev–Trinajstić information content (AvgIpc) is 0.967. The van der Waals surface area contributed by atoms with Gasteiger partial charge in [-0.25, -0.2) is 4.39 Å². The molecule has 0 spiro atoms. The van der Waals surface area contributed by atoms with Gasteiger partial charge in [-0.1, -0.05) is 147 Å². The van der Waals surface area contributed by atoms with E-state index in [0.29, 0.717) is 5.69 Å². The van der Waals surface area contributed by atoms with Gasteiger partial charge in [-0.3, -0.25) is 28.8 Å².